The summed E-state index contributed by atoms with van der Waals surface area (Å²) in [6.07, 6.45) is 6.43. The monoisotopic (exact) mass is 291 g/mol. The molecule has 0 atom stereocenters. The van der Waals surface area contributed by atoms with Crippen LogP contribution in [0.1, 0.15) is 44.9 Å². The largest absolute Gasteiger partial charge is 0.393 e. The summed E-state index contributed by atoms with van der Waals surface area (Å²) >= 11 is 3.35. The number of rotatable bonds is 6. The van der Waals surface area contributed by atoms with Gasteiger partial charge in [0.05, 0.1) is 6.10 Å². The maximum absolute atomic E-state index is 11.4. The van der Waals surface area contributed by atoms with Gasteiger partial charge < -0.3 is 10.4 Å². The molecule has 94 valence electrons. The number of hydrogen-bond donors (Lipinski definition) is 2. The van der Waals surface area contributed by atoms with Crippen molar-refractivity contribution in [2.24, 2.45) is 5.92 Å². The van der Waals surface area contributed by atoms with Gasteiger partial charge in [-0.25, -0.2) is 0 Å². The number of carbonyl (C=O) groups is 1. The SMILES string of the molecule is O=C(CCCCBr)NCC1CCC(O)CC1. The van der Waals surface area contributed by atoms with Gasteiger partial charge in [-0.05, 0) is 44.4 Å². The van der Waals surface area contributed by atoms with E-state index in [4.69, 9.17) is 0 Å². The summed E-state index contributed by atoms with van der Waals surface area (Å²) in [6.45, 7) is 0.792. The Bertz CT molecular complexity index is 203. The van der Waals surface area contributed by atoms with E-state index in [9.17, 15) is 9.90 Å². The quantitative estimate of drug-likeness (QED) is 0.582. The minimum absolute atomic E-state index is 0.106. The first-order chi connectivity index (χ1) is 7.72. The number of carbonyl (C=O) groups excluding carboxylic acids is 1. The molecule has 4 heteroatoms. The maximum Gasteiger partial charge on any atom is 0.220 e. The molecule has 1 aliphatic carbocycles. The van der Waals surface area contributed by atoms with E-state index in [2.05, 4.69) is 21.2 Å². The molecule has 0 unspecified atom stereocenters. The van der Waals surface area contributed by atoms with Gasteiger partial charge in [-0.2, -0.15) is 0 Å². The van der Waals surface area contributed by atoms with Crippen LogP contribution in [-0.4, -0.2) is 29.0 Å². The molecular weight excluding hydrogens is 270 g/mol. The Morgan fingerprint density at radius 3 is 2.56 bits per heavy atom. The molecule has 1 fully saturated rings. The van der Waals surface area contributed by atoms with E-state index < -0.39 is 0 Å². The summed E-state index contributed by atoms with van der Waals surface area (Å²) in [7, 11) is 0. The molecule has 0 heterocycles. The molecule has 0 radical (unpaired) electrons. The van der Waals surface area contributed by atoms with Crippen LogP contribution in [0.15, 0.2) is 0 Å². The number of alkyl halides is 1. The van der Waals surface area contributed by atoms with Crippen molar-refractivity contribution < 1.29 is 9.90 Å². The summed E-state index contributed by atoms with van der Waals surface area (Å²) in [5.74, 6) is 0.746. The summed E-state index contributed by atoms with van der Waals surface area (Å²) in [6, 6.07) is 0. The number of amides is 1. The van der Waals surface area contributed by atoms with Crippen molar-refractivity contribution in [2.45, 2.75) is 51.0 Å². The Balaban J connectivity index is 2.03. The lowest BCUT2D eigenvalue weighted by molar-refractivity contribution is -0.121. The van der Waals surface area contributed by atoms with Gasteiger partial charge in [0.25, 0.3) is 0 Å². The van der Waals surface area contributed by atoms with E-state index in [-0.39, 0.29) is 12.0 Å². The van der Waals surface area contributed by atoms with E-state index in [0.717, 1.165) is 50.4 Å². The van der Waals surface area contributed by atoms with Crippen molar-refractivity contribution in [2.75, 3.05) is 11.9 Å². The lowest BCUT2D eigenvalue weighted by atomic mass is 9.87. The molecule has 0 aromatic heterocycles. The van der Waals surface area contributed by atoms with Gasteiger partial charge in [0.1, 0.15) is 0 Å². The first-order valence-electron chi connectivity index (χ1n) is 6.23. The lowest BCUT2D eigenvalue weighted by Gasteiger charge is -2.25. The second-order valence-electron chi connectivity index (χ2n) is 4.62. The van der Waals surface area contributed by atoms with Gasteiger partial charge in [0.2, 0.25) is 5.91 Å². The minimum atomic E-state index is -0.106. The van der Waals surface area contributed by atoms with Gasteiger partial charge in [-0.15, -0.1) is 0 Å². The zero-order valence-electron chi connectivity index (χ0n) is 9.75. The molecule has 0 saturated heterocycles. The zero-order chi connectivity index (χ0) is 11.8. The predicted molar refractivity (Wildman–Crippen MR) is 68.6 cm³/mol. The fraction of sp³-hybridized carbons (Fsp3) is 0.917. The van der Waals surface area contributed by atoms with Crippen LogP contribution in [0.4, 0.5) is 0 Å². The number of halogens is 1. The molecule has 0 bridgehead atoms. The number of nitrogens with one attached hydrogen (secondary N) is 1. The van der Waals surface area contributed by atoms with E-state index >= 15 is 0 Å². The predicted octanol–water partition coefficient (Wildman–Crippen LogP) is 2.22. The van der Waals surface area contributed by atoms with Crippen LogP contribution in [0.2, 0.25) is 0 Å². The van der Waals surface area contributed by atoms with Crippen molar-refractivity contribution in [3.05, 3.63) is 0 Å². The highest BCUT2D eigenvalue weighted by atomic mass is 79.9. The van der Waals surface area contributed by atoms with Crippen molar-refractivity contribution in [3.63, 3.8) is 0 Å². The highest BCUT2D eigenvalue weighted by Crippen LogP contribution is 2.23. The molecule has 1 amide bonds. The molecule has 2 N–H and O–H groups in total. The highest BCUT2D eigenvalue weighted by molar-refractivity contribution is 9.09. The second kappa shape index (κ2) is 8.07. The third-order valence-corrected chi connectivity index (χ3v) is 3.75. The fourth-order valence-electron chi connectivity index (χ4n) is 2.08. The van der Waals surface area contributed by atoms with E-state index in [1.165, 1.54) is 0 Å². The second-order valence-corrected chi connectivity index (χ2v) is 5.42. The van der Waals surface area contributed by atoms with Crippen LogP contribution in [0.25, 0.3) is 0 Å². The van der Waals surface area contributed by atoms with Gasteiger partial charge in [0.15, 0.2) is 0 Å². The number of unbranched alkanes of at least 4 members (excludes halogenated alkanes) is 1. The molecule has 0 spiro atoms. The molecular formula is C12H22BrNO2. The third kappa shape index (κ3) is 5.85. The van der Waals surface area contributed by atoms with Gasteiger partial charge >= 0.3 is 0 Å². The van der Waals surface area contributed by atoms with Crippen LogP contribution in [0, 0.1) is 5.92 Å². The van der Waals surface area contributed by atoms with Crippen LogP contribution in [-0.2, 0) is 4.79 Å². The summed E-state index contributed by atoms with van der Waals surface area (Å²) in [5.41, 5.74) is 0. The summed E-state index contributed by atoms with van der Waals surface area (Å²) in [4.78, 5) is 11.4. The first kappa shape index (κ1) is 14.0. The standard InChI is InChI=1S/C12H22BrNO2/c13-8-2-1-3-12(16)14-9-10-4-6-11(15)7-5-10/h10-11,15H,1-9H2,(H,14,16). The van der Waals surface area contributed by atoms with E-state index in [1.54, 1.807) is 0 Å². The Morgan fingerprint density at radius 2 is 1.94 bits per heavy atom. The number of hydrogen-bond acceptors (Lipinski definition) is 2. The Labute approximate surface area is 106 Å². The van der Waals surface area contributed by atoms with Gasteiger partial charge in [0, 0.05) is 18.3 Å². The van der Waals surface area contributed by atoms with Gasteiger partial charge in [-0.3, -0.25) is 4.79 Å². The molecule has 1 saturated carbocycles. The zero-order valence-corrected chi connectivity index (χ0v) is 11.3. The van der Waals surface area contributed by atoms with Gasteiger partial charge in [-0.1, -0.05) is 15.9 Å². The summed E-state index contributed by atoms with van der Waals surface area (Å²) in [5, 5.41) is 13.3. The van der Waals surface area contributed by atoms with Crippen molar-refractivity contribution >= 4 is 21.8 Å². The van der Waals surface area contributed by atoms with Crippen LogP contribution in [0.3, 0.4) is 0 Å². The molecule has 0 aliphatic heterocycles. The van der Waals surface area contributed by atoms with Crippen molar-refractivity contribution in [3.8, 4) is 0 Å². The summed E-state index contributed by atoms with van der Waals surface area (Å²) < 4.78 is 0. The average molecular weight is 292 g/mol. The highest BCUT2D eigenvalue weighted by Gasteiger charge is 2.19. The molecule has 1 aliphatic rings. The third-order valence-electron chi connectivity index (χ3n) is 3.19. The van der Waals surface area contributed by atoms with E-state index in [0.29, 0.717) is 12.3 Å². The molecule has 3 nitrogen and oxygen atoms in total. The van der Waals surface area contributed by atoms with Crippen molar-refractivity contribution in [1.29, 1.82) is 0 Å². The molecule has 1 rings (SSSR count). The maximum atomic E-state index is 11.4. The number of aliphatic hydroxyl groups excluding tert-OH is 1. The average Bonchev–Trinajstić information content (AvgIpc) is 2.29. The Morgan fingerprint density at radius 1 is 1.25 bits per heavy atom. The number of aliphatic hydroxyl groups is 1. The smallest absolute Gasteiger partial charge is 0.220 e. The molecule has 0 aromatic rings. The Kier molecular flexibility index (Phi) is 7.05. The van der Waals surface area contributed by atoms with Crippen LogP contribution in [0.5, 0.6) is 0 Å². The first-order valence-corrected chi connectivity index (χ1v) is 7.35. The lowest BCUT2D eigenvalue weighted by Crippen LogP contribution is -2.31. The Hall–Kier alpha value is -0.0900. The fourth-order valence-corrected chi connectivity index (χ4v) is 2.47. The van der Waals surface area contributed by atoms with E-state index in [1.807, 2.05) is 0 Å². The normalized spacial score (nSPS) is 25.4. The van der Waals surface area contributed by atoms with Crippen molar-refractivity contribution in [1.82, 2.24) is 5.32 Å². The molecule has 16 heavy (non-hydrogen) atoms. The van der Waals surface area contributed by atoms with Crippen LogP contribution < -0.4 is 5.32 Å². The molecule has 0 aromatic carbocycles. The topological polar surface area (TPSA) is 49.3 Å². The van der Waals surface area contributed by atoms with Crippen LogP contribution >= 0.6 is 15.9 Å². The minimum Gasteiger partial charge on any atom is -0.393 e.